The van der Waals surface area contributed by atoms with Gasteiger partial charge in [0.2, 0.25) is 6.19 Å². The molecule has 0 bridgehead atoms. The summed E-state index contributed by atoms with van der Waals surface area (Å²) in [5, 5.41) is 9.70. The van der Waals surface area contributed by atoms with Gasteiger partial charge >= 0.3 is 0 Å². The molecule has 3 rings (SSSR count). The van der Waals surface area contributed by atoms with E-state index in [9.17, 15) is 0 Å². The van der Waals surface area contributed by atoms with Crippen LogP contribution in [0.3, 0.4) is 0 Å². The maximum Gasteiger partial charge on any atom is 0.208 e. The molecule has 6 heteroatoms. The largest absolute Gasteiger partial charge is 0.378 e. The zero-order valence-corrected chi connectivity index (χ0v) is 18.2. The van der Waals surface area contributed by atoms with Gasteiger partial charge in [0, 0.05) is 45.8 Å². The van der Waals surface area contributed by atoms with Gasteiger partial charge in [0.1, 0.15) is 0 Å². The lowest BCUT2D eigenvalue weighted by molar-refractivity contribution is -0.0576. The van der Waals surface area contributed by atoms with E-state index in [-0.39, 0.29) is 5.60 Å². The molecule has 0 spiro atoms. The van der Waals surface area contributed by atoms with Crippen molar-refractivity contribution in [2.75, 3.05) is 39.5 Å². The molecule has 1 aromatic rings. The molecule has 1 aliphatic carbocycles. The van der Waals surface area contributed by atoms with E-state index < -0.39 is 0 Å². The van der Waals surface area contributed by atoms with Crippen molar-refractivity contribution in [1.82, 2.24) is 9.80 Å². The van der Waals surface area contributed by atoms with Gasteiger partial charge in [-0.15, -0.1) is 4.99 Å². The Labute approximate surface area is 173 Å². The minimum Gasteiger partial charge on any atom is -0.378 e. The Hall–Kier alpha value is -1.55. The smallest absolute Gasteiger partial charge is 0.208 e. The summed E-state index contributed by atoms with van der Waals surface area (Å²) in [5.74, 6) is 0. The molecule has 0 aromatic heterocycles. The number of aliphatic imine (C=N–C) groups is 1. The van der Waals surface area contributed by atoms with E-state index in [1.54, 1.807) is 11.8 Å². The van der Waals surface area contributed by atoms with Gasteiger partial charge in [-0.1, -0.05) is 36.0 Å². The number of hydrogen-bond donors (Lipinski definition) is 0. The number of ether oxygens (including phenoxy) is 1. The monoisotopic (exact) mass is 400 g/mol. The normalized spacial score (nSPS) is 26.9. The molecule has 0 unspecified atom stereocenters. The third kappa shape index (κ3) is 4.89. The molecule has 5 nitrogen and oxygen atoms in total. The van der Waals surface area contributed by atoms with Crippen molar-refractivity contribution < 1.29 is 4.74 Å². The Morgan fingerprint density at radius 2 is 1.93 bits per heavy atom. The number of piperazine rings is 1. The van der Waals surface area contributed by atoms with Crippen LogP contribution in [-0.4, -0.2) is 66.2 Å². The number of benzene rings is 1. The van der Waals surface area contributed by atoms with Crippen molar-refractivity contribution in [2.45, 2.75) is 50.7 Å². The number of rotatable bonds is 4. The zero-order chi connectivity index (χ0) is 20.0. The molecular formula is C22H32N4OS. The van der Waals surface area contributed by atoms with E-state index in [0.29, 0.717) is 6.04 Å². The van der Waals surface area contributed by atoms with Gasteiger partial charge in [0.25, 0.3) is 0 Å². The number of thioether (sulfide) groups is 1. The Bertz CT molecular complexity index is 713. The van der Waals surface area contributed by atoms with Gasteiger partial charge in [-0.3, -0.25) is 4.90 Å². The van der Waals surface area contributed by atoms with Crippen LogP contribution in [0.5, 0.6) is 0 Å². The highest BCUT2D eigenvalue weighted by molar-refractivity contribution is 8.13. The van der Waals surface area contributed by atoms with Crippen LogP contribution in [0, 0.1) is 18.4 Å². The van der Waals surface area contributed by atoms with Crippen LogP contribution in [0.1, 0.15) is 36.8 Å². The number of methoxy groups -OCH3 is 1. The van der Waals surface area contributed by atoms with Crippen molar-refractivity contribution in [3.05, 3.63) is 35.4 Å². The second-order valence-electron chi connectivity index (χ2n) is 7.94. The maximum absolute atomic E-state index is 8.85. The van der Waals surface area contributed by atoms with Crippen molar-refractivity contribution in [1.29, 1.82) is 5.26 Å². The van der Waals surface area contributed by atoms with E-state index in [1.165, 1.54) is 24.0 Å². The molecule has 1 saturated carbocycles. The Balaban J connectivity index is 1.54. The van der Waals surface area contributed by atoms with Gasteiger partial charge in [0.05, 0.1) is 5.60 Å². The molecule has 2 fully saturated rings. The standard InChI is InChI=1S/C22H32N4OS/c1-18-6-4-5-7-19(18)16-22(27-2)10-8-20(9-11-22)25-12-14-26(15-13-25)21(28-3)24-17-23/h4-7,20H,8-16H2,1-3H3/b24-21-. The van der Waals surface area contributed by atoms with E-state index >= 15 is 0 Å². The average Bonchev–Trinajstić information content (AvgIpc) is 2.74. The fourth-order valence-electron chi connectivity index (χ4n) is 4.67. The molecule has 2 aliphatic rings. The molecule has 1 aliphatic heterocycles. The van der Waals surface area contributed by atoms with Gasteiger partial charge in [-0.05, 0) is 50.0 Å². The van der Waals surface area contributed by atoms with Gasteiger partial charge in [-0.25, -0.2) is 0 Å². The summed E-state index contributed by atoms with van der Waals surface area (Å²) in [5.41, 5.74) is 2.76. The van der Waals surface area contributed by atoms with Crippen LogP contribution in [-0.2, 0) is 11.2 Å². The predicted octanol–water partition coefficient (Wildman–Crippen LogP) is 3.68. The summed E-state index contributed by atoms with van der Waals surface area (Å²) in [6.07, 6.45) is 9.56. The second kappa shape index (κ2) is 9.78. The summed E-state index contributed by atoms with van der Waals surface area (Å²) in [4.78, 5) is 8.83. The molecule has 1 aromatic carbocycles. The fraction of sp³-hybridized carbons (Fsp3) is 0.636. The fourth-order valence-corrected chi connectivity index (χ4v) is 5.24. The quantitative estimate of drug-likeness (QED) is 0.438. The summed E-state index contributed by atoms with van der Waals surface area (Å²) in [6, 6.07) is 9.33. The second-order valence-corrected chi connectivity index (χ2v) is 8.72. The van der Waals surface area contributed by atoms with Crippen molar-refractivity contribution in [3.8, 4) is 6.19 Å². The zero-order valence-electron chi connectivity index (χ0n) is 17.4. The first kappa shape index (κ1) is 21.2. The number of hydrogen-bond acceptors (Lipinski definition) is 5. The van der Waals surface area contributed by atoms with E-state index in [4.69, 9.17) is 10.00 Å². The van der Waals surface area contributed by atoms with Crippen LogP contribution in [0.4, 0.5) is 0 Å². The van der Waals surface area contributed by atoms with Gasteiger partial charge in [-0.2, -0.15) is 5.26 Å². The Morgan fingerprint density at radius 3 is 2.50 bits per heavy atom. The predicted molar refractivity (Wildman–Crippen MR) is 117 cm³/mol. The average molecular weight is 401 g/mol. The Morgan fingerprint density at radius 1 is 1.25 bits per heavy atom. The van der Waals surface area contributed by atoms with Crippen LogP contribution < -0.4 is 0 Å². The molecule has 0 atom stereocenters. The van der Waals surface area contributed by atoms with Gasteiger partial charge < -0.3 is 9.64 Å². The first-order valence-corrected chi connectivity index (χ1v) is 11.4. The molecule has 0 radical (unpaired) electrons. The summed E-state index contributed by atoms with van der Waals surface area (Å²) < 4.78 is 6.09. The maximum atomic E-state index is 8.85. The van der Waals surface area contributed by atoms with E-state index in [2.05, 4.69) is 46.0 Å². The topological polar surface area (TPSA) is 51.9 Å². The van der Waals surface area contributed by atoms with E-state index in [0.717, 1.165) is 50.6 Å². The van der Waals surface area contributed by atoms with Crippen molar-refractivity contribution in [2.24, 2.45) is 4.99 Å². The van der Waals surface area contributed by atoms with Crippen LogP contribution in [0.2, 0.25) is 0 Å². The number of nitrogens with zero attached hydrogens (tertiary/aromatic N) is 4. The number of nitriles is 1. The molecule has 152 valence electrons. The van der Waals surface area contributed by atoms with E-state index in [1.807, 2.05) is 19.6 Å². The summed E-state index contributed by atoms with van der Waals surface area (Å²) in [6.45, 7) is 6.20. The summed E-state index contributed by atoms with van der Waals surface area (Å²) in [7, 11) is 1.88. The minimum atomic E-state index is -0.0179. The van der Waals surface area contributed by atoms with Gasteiger partial charge in [0.15, 0.2) is 5.17 Å². The number of aryl methyl sites for hydroxylation is 1. The molecule has 1 heterocycles. The Kier molecular flexibility index (Phi) is 7.39. The van der Waals surface area contributed by atoms with Crippen LogP contribution >= 0.6 is 11.8 Å². The minimum absolute atomic E-state index is 0.0179. The third-order valence-corrected chi connectivity index (χ3v) is 7.22. The highest BCUT2D eigenvalue weighted by Crippen LogP contribution is 2.37. The van der Waals surface area contributed by atoms with Crippen molar-refractivity contribution in [3.63, 3.8) is 0 Å². The lowest BCUT2D eigenvalue weighted by Gasteiger charge is -2.45. The first-order chi connectivity index (χ1) is 13.6. The van der Waals surface area contributed by atoms with Crippen LogP contribution in [0.15, 0.2) is 29.3 Å². The summed E-state index contributed by atoms with van der Waals surface area (Å²) >= 11 is 1.56. The lowest BCUT2D eigenvalue weighted by atomic mass is 9.77. The third-order valence-electron chi connectivity index (χ3n) is 6.50. The lowest BCUT2D eigenvalue weighted by Crippen LogP contribution is -2.53. The SMILES string of the molecule is COC1(Cc2ccccc2C)CCC(N2CCN(/C(=N/C#N)SC)CC2)CC1. The highest BCUT2D eigenvalue weighted by Gasteiger charge is 2.38. The molecule has 28 heavy (non-hydrogen) atoms. The van der Waals surface area contributed by atoms with Crippen molar-refractivity contribution >= 4 is 16.9 Å². The highest BCUT2D eigenvalue weighted by atomic mass is 32.2. The number of amidine groups is 1. The molecule has 1 saturated heterocycles. The molecule has 0 N–H and O–H groups in total. The molecular weight excluding hydrogens is 368 g/mol. The van der Waals surface area contributed by atoms with Crippen LogP contribution in [0.25, 0.3) is 0 Å². The molecule has 0 amide bonds. The first-order valence-electron chi connectivity index (χ1n) is 10.2.